The molecule has 0 radical (unpaired) electrons. The van der Waals surface area contributed by atoms with E-state index in [0.717, 1.165) is 0 Å². The van der Waals surface area contributed by atoms with Crippen LogP contribution in [0.2, 0.25) is 5.28 Å². The van der Waals surface area contributed by atoms with E-state index in [1.54, 1.807) is 0 Å². The Hall–Kier alpha value is -1.32. The molecular weight excluding hydrogens is 297 g/mol. The lowest BCUT2D eigenvalue weighted by molar-refractivity contribution is -0.300. The molecule has 0 atom stereocenters. The summed E-state index contributed by atoms with van der Waals surface area (Å²) in [6.45, 7) is 0. The van der Waals surface area contributed by atoms with E-state index < -0.39 is 35.4 Å². The molecular formula is C7H2ClF7N2O. The van der Waals surface area contributed by atoms with Gasteiger partial charge in [-0.05, 0) is 11.6 Å². The van der Waals surface area contributed by atoms with Gasteiger partial charge >= 0.3 is 12.4 Å². The van der Waals surface area contributed by atoms with Crippen LogP contribution in [0.5, 0.6) is 5.88 Å². The molecule has 1 heterocycles. The van der Waals surface area contributed by atoms with Crippen LogP contribution in [0.25, 0.3) is 0 Å². The standard InChI is InChI=1S/C7H2ClF7N2O/c8-5-16-1-2(9)3(17-5)18-4(6(10,11)12)7(13,14)15/h1,4H. The lowest BCUT2D eigenvalue weighted by Gasteiger charge is -2.23. The molecule has 0 spiro atoms. The third-order valence-corrected chi connectivity index (χ3v) is 1.69. The van der Waals surface area contributed by atoms with Gasteiger partial charge in [-0.3, -0.25) is 0 Å². The summed E-state index contributed by atoms with van der Waals surface area (Å²) >= 11 is 5.10. The van der Waals surface area contributed by atoms with Crippen molar-refractivity contribution in [2.45, 2.75) is 18.5 Å². The van der Waals surface area contributed by atoms with E-state index in [1.807, 2.05) is 0 Å². The lowest BCUT2D eigenvalue weighted by Crippen LogP contribution is -2.46. The number of aromatic nitrogens is 2. The molecule has 0 aliphatic carbocycles. The van der Waals surface area contributed by atoms with Gasteiger partial charge in [0.1, 0.15) is 0 Å². The number of hydrogen-bond acceptors (Lipinski definition) is 3. The highest BCUT2D eigenvalue weighted by molar-refractivity contribution is 6.28. The maximum absolute atomic E-state index is 12.9. The van der Waals surface area contributed by atoms with E-state index in [2.05, 4.69) is 14.7 Å². The molecule has 11 heteroatoms. The summed E-state index contributed by atoms with van der Waals surface area (Å²) in [6.07, 6.45) is -15.5. The number of alkyl halides is 6. The molecule has 0 bridgehead atoms. The fourth-order valence-electron chi connectivity index (χ4n) is 0.845. The molecule has 0 aromatic carbocycles. The summed E-state index contributed by atoms with van der Waals surface area (Å²) in [5.74, 6) is -3.13. The molecule has 18 heavy (non-hydrogen) atoms. The van der Waals surface area contributed by atoms with Gasteiger partial charge in [0.25, 0.3) is 12.0 Å². The van der Waals surface area contributed by atoms with Gasteiger partial charge in [0, 0.05) is 0 Å². The largest absolute Gasteiger partial charge is 0.453 e. The third kappa shape index (κ3) is 3.59. The zero-order valence-corrected chi connectivity index (χ0v) is 8.74. The molecule has 0 fully saturated rings. The highest BCUT2D eigenvalue weighted by Crippen LogP contribution is 2.36. The second-order valence-electron chi connectivity index (χ2n) is 2.87. The second-order valence-corrected chi connectivity index (χ2v) is 3.21. The highest BCUT2D eigenvalue weighted by atomic mass is 35.5. The van der Waals surface area contributed by atoms with Crippen LogP contribution < -0.4 is 4.74 Å². The van der Waals surface area contributed by atoms with Crippen molar-refractivity contribution in [2.24, 2.45) is 0 Å². The van der Waals surface area contributed by atoms with Crippen molar-refractivity contribution in [2.75, 3.05) is 0 Å². The average molecular weight is 299 g/mol. The van der Waals surface area contributed by atoms with E-state index in [0.29, 0.717) is 0 Å². The van der Waals surface area contributed by atoms with Crippen LogP contribution in [0, 0.1) is 5.82 Å². The number of rotatable bonds is 2. The molecule has 0 unspecified atom stereocenters. The molecule has 0 amide bonds. The SMILES string of the molecule is Fc1cnc(Cl)nc1OC(C(F)(F)F)C(F)(F)F. The monoisotopic (exact) mass is 298 g/mol. The van der Waals surface area contributed by atoms with Crippen LogP contribution in [0.1, 0.15) is 0 Å². The van der Waals surface area contributed by atoms with Crippen molar-refractivity contribution in [3.63, 3.8) is 0 Å². The minimum absolute atomic E-state index is 0.286. The highest BCUT2D eigenvalue weighted by Gasteiger charge is 2.59. The summed E-state index contributed by atoms with van der Waals surface area (Å²) in [4.78, 5) is 5.80. The van der Waals surface area contributed by atoms with Crippen molar-refractivity contribution < 1.29 is 35.5 Å². The fourth-order valence-corrected chi connectivity index (χ4v) is 0.970. The lowest BCUT2D eigenvalue weighted by atomic mass is 10.3. The summed E-state index contributed by atoms with van der Waals surface area (Å²) in [6, 6.07) is 0. The molecule has 1 aromatic rings. The first-order chi connectivity index (χ1) is 8.01. The van der Waals surface area contributed by atoms with E-state index in [4.69, 9.17) is 11.6 Å². The molecule has 1 rings (SSSR count). The molecule has 0 saturated carbocycles. The number of ether oxygens (including phenoxy) is 1. The van der Waals surface area contributed by atoms with Crippen LogP contribution in [-0.4, -0.2) is 28.4 Å². The van der Waals surface area contributed by atoms with Gasteiger partial charge in [0.2, 0.25) is 11.1 Å². The summed E-state index contributed by atoms with van der Waals surface area (Å²) in [5, 5.41) is -0.755. The smallest absolute Gasteiger partial charge is 0.434 e. The minimum Gasteiger partial charge on any atom is -0.453 e. The van der Waals surface area contributed by atoms with Crippen molar-refractivity contribution >= 4 is 11.6 Å². The van der Waals surface area contributed by atoms with Crippen molar-refractivity contribution in [3.8, 4) is 5.88 Å². The quantitative estimate of drug-likeness (QED) is 0.621. The van der Waals surface area contributed by atoms with Gasteiger partial charge in [-0.15, -0.1) is 0 Å². The average Bonchev–Trinajstić information content (AvgIpc) is 2.15. The Morgan fingerprint density at radius 1 is 1.11 bits per heavy atom. The van der Waals surface area contributed by atoms with Crippen molar-refractivity contribution in [1.29, 1.82) is 0 Å². The van der Waals surface area contributed by atoms with Gasteiger partial charge < -0.3 is 4.74 Å². The first-order valence-corrected chi connectivity index (χ1v) is 4.37. The number of halogens is 8. The Balaban J connectivity index is 3.08. The Bertz CT molecular complexity index is 419. The van der Waals surface area contributed by atoms with Crippen LogP contribution >= 0.6 is 11.6 Å². The van der Waals surface area contributed by atoms with E-state index >= 15 is 0 Å². The predicted octanol–water partition coefficient (Wildman–Crippen LogP) is 3.14. The fraction of sp³-hybridized carbons (Fsp3) is 0.429. The molecule has 0 aliphatic heterocycles. The Morgan fingerprint density at radius 3 is 2.06 bits per heavy atom. The third-order valence-electron chi connectivity index (χ3n) is 1.51. The Morgan fingerprint density at radius 2 is 1.61 bits per heavy atom. The molecule has 102 valence electrons. The molecule has 3 nitrogen and oxygen atoms in total. The maximum Gasteiger partial charge on any atom is 0.434 e. The molecule has 0 N–H and O–H groups in total. The van der Waals surface area contributed by atoms with E-state index in [-0.39, 0.29) is 6.20 Å². The van der Waals surface area contributed by atoms with Crippen LogP contribution in [0.4, 0.5) is 30.7 Å². The van der Waals surface area contributed by atoms with Crippen molar-refractivity contribution in [3.05, 3.63) is 17.3 Å². The Labute approximate surface area is 99.5 Å². The number of nitrogens with zero attached hydrogens (tertiary/aromatic N) is 2. The van der Waals surface area contributed by atoms with Crippen LogP contribution in [-0.2, 0) is 0 Å². The molecule has 1 aromatic heterocycles. The van der Waals surface area contributed by atoms with Crippen LogP contribution in [0.15, 0.2) is 6.20 Å². The summed E-state index contributed by atoms with van der Waals surface area (Å²) in [5.41, 5.74) is 0. The normalized spacial score (nSPS) is 12.9. The summed E-state index contributed by atoms with van der Waals surface area (Å²) in [7, 11) is 0. The number of hydrogen-bond donors (Lipinski definition) is 0. The van der Waals surface area contributed by atoms with Gasteiger partial charge in [0.15, 0.2) is 0 Å². The van der Waals surface area contributed by atoms with E-state index in [1.165, 1.54) is 0 Å². The minimum atomic E-state index is -5.78. The van der Waals surface area contributed by atoms with E-state index in [9.17, 15) is 30.7 Å². The van der Waals surface area contributed by atoms with Gasteiger partial charge in [-0.2, -0.15) is 35.7 Å². The van der Waals surface area contributed by atoms with Crippen molar-refractivity contribution in [1.82, 2.24) is 9.97 Å². The molecule has 0 saturated heterocycles. The van der Waals surface area contributed by atoms with Gasteiger partial charge in [-0.1, -0.05) is 0 Å². The predicted molar refractivity (Wildman–Crippen MR) is 43.5 cm³/mol. The zero-order chi connectivity index (χ0) is 14.1. The topological polar surface area (TPSA) is 35.0 Å². The second kappa shape index (κ2) is 4.75. The summed E-state index contributed by atoms with van der Waals surface area (Å²) < 4.78 is 88.9. The Kier molecular flexibility index (Phi) is 3.89. The van der Waals surface area contributed by atoms with Gasteiger partial charge in [0.05, 0.1) is 6.20 Å². The maximum atomic E-state index is 12.9. The van der Waals surface area contributed by atoms with Gasteiger partial charge in [-0.25, -0.2) is 4.98 Å². The zero-order valence-electron chi connectivity index (χ0n) is 7.98. The van der Waals surface area contributed by atoms with Crippen LogP contribution in [0.3, 0.4) is 0 Å². The molecule has 0 aliphatic rings. The first kappa shape index (κ1) is 14.7. The first-order valence-electron chi connectivity index (χ1n) is 4.00.